The zero-order valence-corrected chi connectivity index (χ0v) is 13.2. The molecule has 0 spiro atoms. The maximum absolute atomic E-state index is 13.2. The zero-order chi connectivity index (χ0) is 17.1. The van der Waals surface area contributed by atoms with Crippen LogP contribution in [-0.4, -0.2) is 23.9 Å². The number of nitrogens with two attached hydrogens (primary N) is 1. The second-order valence-electron chi connectivity index (χ2n) is 6.04. The molecule has 1 aliphatic rings. The highest BCUT2D eigenvalue weighted by molar-refractivity contribution is 5.95. The van der Waals surface area contributed by atoms with E-state index in [1.807, 2.05) is 24.3 Å². The predicted molar refractivity (Wildman–Crippen MR) is 89.8 cm³/mol. The molecular formula is C19H18FN3O. The minimum absolute atomic E-state index is 0.00619. The van der Waals surface area contributed by atoms with E-state index in [2.05, 4.69) is 6.07 Å². The molecule has 24 heavy (non-hydrogen) atoms. The highest BCUT2D eigenvalue weighted by Gasteiger charge is 2.24. The second-order valence-corrected chi connectivity index (χ2v) is 6.04. The number of amides is 1. The quantitative estimate of drug-likeness (QED) is 0.862. The van der Waals surface area contributed by atoms with Crippen molar-refractivity contribution >= 4 is 11.6 Å². The van der Waals surface area contributed by atoms with E-state index in [0.717, 1.165) is 12.8 Å². The van der Waals surface area contributed by atoms with Gasteiger partial charge in [-0.15, -0.1) is 0 Å². The molecule has 3 rings (SSSR count). The Kier molecular flexibility index (Phi) is 4.48. The van der Waals surface area contributed by atoms with Crippen LogP contribution in [0.5, 0.6) is 0 Å². The molecule has 2 N–H and O–H groups in total. The van der Waals surface area contributed by atoms with Crippen LogP contribution in [0.15, 0.2) is 42.5 Å². The van der Waals surface area contributed by atoms with Crippen LogP contribution in [0.3, 0.4) is 0 Å². The molecule has 0 aliphatic carbocycles. The van der Waals surface area contributed by atoms with Crippen LogP contribution < -0.4 is 5.73 Å². The molecule has 1 fully saturated rings. The highest BCUT2D eigenvalue weighted by Crippen LogP contribution is 2.29. The lowest BCUT2D eigenvalue weighted by Gasteiger charge is -2.32. The maximum Gasteiger partial charge on any atom is 0.253 e. The van der Waals surface area contributed by atoms with Crippen molar-refractivity contribution in [3.8, 4) is 6.07 Å². The molecule has 2 aromatic rings. The first kappa shape index (κ1) is 16.0. The molecule has 0 bridgehead atoms. The van der Waals surface area contributed by atoms with E-state index in [4.69, 9.17) is 11.0 Å². The lowest BCUT2D eigenvalue weighted by molar-refractivity contribution is 0.0713. The molecule has 5 heteroatoms. The molecule has 1 heterocycles. The largest absolute Gasteiger partial charge is 0.396 e. The number of piperidine rings is 1. The van der Waals surface area contributed by atoms with Gasteiger partial charge in [-0.3, -0.25) is 4.79 Å². The van der Waals surface area contributed by atoms with E-state index < -0.39 is 5.82 Å². The summed E-state index contributed by atoms with van der Waals surface area (Å²) in [5.74, 6) is -0.230. The molecule has 0 atom stereocenters. The van der Waals surface area contributed by atoms with Gasteiger partial charge in [0.25, 0.3) is 5.91 Å². The van der Waals surface area contributed by atoms with E-state index in [-0.39, 0.29) is 11.6 Å². The van der Waals surface area contributed by atoms with Gasteiger partial charge in [0.05, 0.1) is 17.3 Å². The third kappa shape index (κ3) is 3.23. The zero-order valence-electron chi connectivity index (χ0n) is 13.2. The van der Waals surface area contributed by atoms with Crippen LogP contribution >= 0.6 is 0 Å². The van der Waals surface area contributed by atoms with E-state index in [1.165, 1.54) is 23.8 Å². The van der Waals surface area contributed by atoms with Crippen LogP contribution in [0.1, 0.15) is 40.2 Å². The maximum atomic E-state index is 13.2. The summed E-state index contributed by atoms with van der Waals surface area (Å²) in [5, 5.41) is 8.85. The van der Waals surface area contributed by atoms with E-state index in [0.29, 0.717) is 30.1 Å². The van der Waals surface area contributed by atoms with Gasteiger partial charge < -0.3 is 10.6 Å². The lowest BCUT2D eigenvalue weighted by atomic mass is 9.89. The second kappa shape index (κ2) is 6.71. The average molecular weight is 323 g/mol. The highest BCUT2D eigenvalue weighted by atomic mass is 19.1. The van der Waals surface area contributed by atoms with E-state index in [1.54, 1.807) is 4.90 Å². The van der Waals surface area contributed by atoms with Crippen molar-refractivity contribution in [3.63, 3.8) is 0 Å². The average Bonchev–Trinajstić information content (AvgIpc) is 2.63. The van der Waals surface area contributed by atoms with Gasteiger partial charge in [-0.2, -0.15) is 5.26 Å². The van der Waals surface area contributed by atoms with Gasteiger partial charge in [0.1, 0.15) is 5.82 Å². The third-order valence-electron chi connectivity index (χ3n) is 4.54. The Morgan fingerprint density at radius 3 is 2.42 bits per heavy atom. The third-order valence-corrected chi connectivity index (χ3v) is 4.54. The first-order valence-electron chi connectivity index (χ1n) is 7.93. The summed E-state index contributed by atoms with van der Waals surface area (Å²) in [6.07, 6.45) is 1.74. The minimum atomic E-state index is -0.508. The first-order valence-corrected chi connectivity index (χ1v) is 7.93. The van der Waals surface area contributed by atoms with Crippen molar-refractivity contribution < 1.29 is 9.18 Å². The molecule has 1 saturated heterocycles. The van der Waals surface area contributed by atoms with Gasteiger partial charge >= 0.3 is 0 Å². The number of rotatable bonds is 2. The molecule has 4 nitrogen and oxygen atoms in total. The Hall–Kier alpha value is -2.87. The summed E-state index contributed by atoms with van der Waals surface area (Å²) in [5.41, 5.74) is 7.81. The number of nitrogen functional groups attached to an aromatic ring is 1. The Morgan fingerprint density at radius 2 is 1.83 bits per heavy atom. The van der Waals surface area contributed by atoms with Gasteiger partial charge in [0.15, 0.2) is 0 Å². The molecule has 0 radical (unpaired) electrons. The van der Waals surface area contributed by atoms with Crippen LogP contribution in [0.25, 0.3) is 0 Å². The molecule has 122 valence electrons. The molecule has 0 saturated carbocycles. The number of carbonyl (C=O) groups excluding carboxylic acids is 1. The van der Waals surface area contributed by atoms with Gasteiger partial charge in [0.2, 0.25) is 0 Å². The number of nitriles is 1. The monoisotopic (exact) mass is 323 g/mol. The Bertz CT molecular complexity index is 787. The van der Waals surface area contributed by atoms with Gasteiger partial charge in [-0.25, -0.2) is 4.39 Å². The number of halogens is 1. The fourth-order valence-electron chi connectivity index (χ4n) is 3.11. The number of hydrogen-bond donors (Lipinski definition) is 1. The molecule has 0 unspecified atom stereocenters. The fraction of sp³-hybridized carbons (Fsp3) is 0.263. The predicted octanol–water partition coefficient (Wildman–Crippen LogP) is 3.30. The Balaban J connectivity index is 1.64. The summed E-state index contributed by atoms with van der Waals surface area (Å²) < 4.78 is 13.2. The lowest BCUT2D eigenvalue weighted by Crippen LogP contribution is -2.38. The molecular weight excluding hydrogens is 305 g/mol. The van der Waals surface area contributed by atoms with E-state index in [9.17, 15) is 9.18 Å². The van der Waals surface area contributed by atoms with Gasteiger partial charge in [-0.05, 0) is 54.7 Å². The molecule has 0 aromatic heterocycles. The van der Waals surface area contributed by atoms with Crippen molar-refractivity contribution in [2.75, 3.05) is 18.8 Å². The van der Waals surface area contributed by atoms with Crippen molar-refractivity contribution in [1.29, 1.82) is 5.26 Å². The van der Waals surface area contributed by atoms with Crippen LogP contribution in [-0.2, 0) is 0 Å². The van der Waals surface area contributed by atoms with Crippen LogP contribution in [0.2, 0.25) is 0 Å². The standard InChI is InChI=1S/C19H18FN3O/c20-17-6-5-16(11-18(17)22)19(24)23-9-7-15(8-10-23)14-3-1-13(12-21)2-4-14/h1-6,11,15H,7-10,22H2. The van der Waals surface area contributed by atoms with Gasteiger partial charge in [0, 0.05) is 18.7 Å². The fourth-order valence-corrected chi connectivity index (χ4v) is 3.11. The molecule has 1 aliphatic heterocycles. The van der Waals surface area contributed by atoms with Crippen molar-refractivity contribution in [2.45, 2.75) is 18.8 Å². The Labute approximate surface area is 140 Å². The number of benzene rings is 2. The van der Waals surface area contributed by atoms with Crippen molar-refractivity contribution in [1.82, 2.24) is 4.90 Å². The summed E-state index contributed by atoms with van der Waals surface area (Å²) >= 11 is 0. The molecule has 1 amide bonds. The smallest absolute Gasteiger partial charge is 0.253 e. The summed E-state index contributed by atoms with van der Waals surface area (Å²) in [6.45, 7) is 1.31. The SMILES string of the molecule is N#Cc1ccc(C2CCN(C(=O)c3ccc(F)c(N)c3)CC2)cc1. The number of hydrogen-bond acceptors (Lipinski definition) is 3. The Morgan fingerprint density at radius 1 is 1.17 bits per heavy atom. The summed E-state index contributed by atoms with van der Waals surface area (Å²) in [4.78, 5) is 14.3. The summed E-state index contributed by atoms with van der Waals surface area (Å²) in [6, 6.07) is 13.8. The van der Waals surface area contributed by atoms with Crippen LogP contribution in [0.4, 0.5) is 10.1 Å². The van der Waals surface area contributed by atoms with Crippen LogP contribution in [0, 0.1) is 17.1 Å². The normalized spacial score (nSPS) is 15.1. The number of carbonyl (C=O) groups is 1. The number of nitrogens with zero attached hydrogens (tertiary/aromatic N) is 2. The van der Waals surface area contributed by atoms with Gasteiger partial charge in [-0.1, -0.05) is 12.1 Å². The van der Waals surface area contributed by atoms with Crippen molar-refractivity contribution in [2.24, 2.45) is 0 Å². The first-order chi connectivity index (χ1) is 11.6. The molecule has 2 aromatic carbocycles. The minimum Gasteiger partial charge on any atom is -0.396 e. The summed E-state index contributed by atoms with van der Waals surface area (Å²) in [7, 11) is 0. The van der Waals surface area contributed by atoms with E-state index >= 15 is 0 Å². The number of likely N-dealkylation sites (tertiary alicyclic amines) is 1. The topological polar surface area (TPSA) is 70.1 Å². The van der Waals surface area contributed by atoms with Crippen molar-refractivity contribution in [3.05, 3.63) is 65.0 Å². The number of anilines is 1.